The zero-order valence-electron chi connectivity index (χ0n) is 10.1. The average molecular weight is 284 g/mol. The van der Waals surface area contributed by atoms with Gasteiger partial charge in [0.05, 0.1) is 17.6 Å². The Kier molecular flexibility index (Phi) is 3.47. The molecule has 1 aromatic heterocycles. The number of hydrogen-bond acceptors (Lipinski definition) is 3. The van der Waals surface area contributed by atoms with Gasteiger partial charge in [-0.2, -0.15) is 0 Å². The van der Waals surface area contributed by atoms with Gasteiger partial charge in [-0.05, 0) is 32.6 Å². The van der Waals surface area contributed by atoms with Crippen LogP contribution in [0.25, 0.3) is 0 Å². The molecule has 2 rings (SSSR count). The number of nitrogens with zero attached hydrogens (tertiary/aromatic N) is 3. The molecule has 0 unspecified atom stereocenters. The maximum atomic E-state index is 4.55. The molecule has 1 aliphatic rings. The fourth-order valence-electron chi connectivity index (χ4n) is 2.00. The maximum absolute atomic E-state index is 4.55. The van der Waals surface area contributed by atoms with E-state index in [0.717, 1.165) is 34.5 Å². The van der Waals surface area contributed by atoms with E-state index in [1.54, 1.807) is 0 Å². The largest absolute Gasteiger partial charge is 0.358 e. The Balaban J connectivity index is 1.97. The first-order chi connectivity index (χ1) is 7.56. The van der Waals surface area contributed by atoms with Crippen molar-refractivity contribution in [3.05, 3.63) is 17.6 Å². The quantitative estimate of drug-likeness (QED) is 0.799. The Bertz CT molecular complexity index is 375. The number of hydrogen-bond donors (Lipinski definition) is 0. The van der Waals surface area contributed by atoms with Gasteiger partial charge in [0.1, 0.15) is 5.82 Å². The predicted molar refractivity (Wildman–Crippen MR) is 70.2 cm³/mol. The van der Waals surface area contributed by atoms with Crippen molar-refractivity contribution in [2.45, 2.75) is 31.5 Å². The van der Waals surface area contributed by atoms with Gasteiger partial charge in [-0.25, -0.2) is 4.98 Å². The molecule has 4 heteroatoms. The van der Waals surface area contributed by atoms with Gasteiger partial charge < -0.3 is 4.90 Å². The molecular formula is C12H18BrN3. The lowest BCUT2D eigenvalue weighted by Gasteiger charge is -2.34. The first-order valence-corrected chi connectivity index (χ1v) is 6.63. The molecule has 0 spiro atoms. The van der Waals surface area contributed by atoms with Crippen LogP contribution < -0.4 is 4.90 Å². The van der Waals surface area contributed by atoms with Crippen LogP contribution in [0.5, 0.6) is 0 Å². The summed E-state index contributed by atoms with van der Waals surface area (Å²) in [4.78, 5) is 11.9. The molecule has 1 fully saturated rings. The van der Waals surface area contributed by atoms with Crippen LogP contribution in [0.3, 0.4) is 0 Å². The molecule has 1 heterocycles. The Morgan fingerprint density at radius 2 is 2.06 bits per heavy atom. The van der Waals surface area contributed by atoms with Gasteiger partial charge in [-0.3, -0.25) is 4.98 Å². The molecule has 1 aliphatic carbocycles. The predicted octanol–water partition coefficient (Wildman–Crippen LogP) is 2.70. The van der Waals surface area contributed by atoms with Crippen LogP contribution in [-0.2, 0) is 0 Å². The fourth-order valence-corrected chi connectivity index (χ4v) is 3.06. The van der Waals surface area contributed by atoms with Crippen molar-refractivity contribution in [3.8, 4) is 0 Å². The van der Waals surface area contributed by atoms with Gasteiger partial charge in [0.25, 0.3) is 0 Å². The Labute approximate surface area is 105 Å². The topological polar surface area (TPSA) is 29.0 Å². The molecule has 16 heavy (non-hydrogen) atoms. The summed E-state index contributed by atoms with van der Waals surface area (Å²) in [5.41, 5.74) is 2.04. The second-order valence-corrected chi connectivity index (χ2v) is 6.01. The smallest absolute Gasteiger partial charge is 0.147 e. The number of alkyl halides is 1. The van der Waals surface area contributed by atoms with Crippen molar-refractivity contribution in [1.29, 1.82) is 0 Å². The Morgan fingerprint density at radius 1 is 1.38 bits per heavy atom. The summed E-state index contributed by atoms with van der Waals surface area (Å²) in [5, 5.41) is 0. The monoisotopic (exact) mass is 283 g/mol. The van der Waals surface area contributed by atoms with E-state index in [9.17, 15) is 0 Å². The summed E-state index contributed by atoms with van der Waals surface area (Å²) in [5.74, 6) is 1.79. The number of anilines is 1. The lowest BCUT2D eigenvalue weighted by atomic mass is 9.85. The van der Waals surface area contributed by atoms with Crippen molar-refractivity contribution in [3.63, 3.8) is 0 Å². The summed E-state index contributed by atoms with van der Waals surface area (Å²) in [6.07, 6.45) is 4.43. The first kappa shape index (κ1) is 11.8. The first-order valence-electron chi connectivity index (χ1n) is 5.71. The second kappa shape index (κ2) is 4.70. The van der Waals surface area contributed by atoms with Crippen molar-refractivity contribution in [2.24, 2.45) is 5.92 Å². The normalized spacial score (nSPS) is 24.0. The van der Waals surface area contributed by atoms with E-state index >= 15 is 0 Å². The highest BCUT2D eigenvalue weighted by molar-refractivity contribution is 9.09. The molecule has 88 valence electrons. The molecule has 0 aromatic carbocycles. The van der Waals surface area contributed by atoms with Crippen molar-refractivity contribution in [2.75, 3.05) is 18.5 Å². The molecule has 0 bridgehead atoms. The third-order valence-electron chi connectivity index (χ3n) is 3.28. The number of aryl methyl sites for hydroxylation is 2. The van der Waals surface area contributed by atoms with E-state index in [2.05, 4.69) is 37.8 Å². The molecule has 0 saturated heterocycles. The average Bonchev–Trinajstić information content (AvgIpc) is 2.19. The van der Waals surface area contributed by atoms with Crippen LogP contribution in [0.4, 0.5) is 5.82 Å². The highest BCUT2D eigenvalue weighted by atomic mass is 79.9. The van der Waals surface area contributed by atoms with Gasteiger partial charge in [0, 0.05) is 18.4 Å². The molecule has 0 atom stereocenters. The number of halogens is 1. The summed E-state index contributed by atoms with van der Waals surface area (Å²) < 4.78 is 0. The van der Waals surface area contributed by atoms with E-state index in [1.807, 2.05) is 20.0 Å². The van der Waals surface area contributed by atoms with Crippen molar-refractivity contribution >= 4 is 21.7 Å². The van der Waals surface area contributed by atoms with Crippen LogP contribution in [0.15, 0.2) is 6.20 Å². The summed E-state index contributed by atoms with van der Waals surface area (Å²) in [6, 6.07) is 0. The molecule has 0 aliphatic heterocycles. The van der Waals surface area contributed by atoms with Crippen LogP contribution >= 0.6 is 15.9 Å². The highest BCUT2D eigenvalue weighted by Crippen LogP contribution is 2.34. The Morgan fingerprint density at radius 3 is 2.62 bits per heavy atom. The zero-order valence-corrected chi connectivity index (χ0v) is 11.7. The lowest BCUT2D eigenvalue weighted by Crippen LogP contribution is -2.35. The molecule has 0 radical (unpaired) electrons. The third-order valence-corrected chi connectivity index (χ3v) is 4.03. The summed E-state index contributed by atoms with van der Waals surface area (Å²) in [6.45, 7) is 5.09. The zero-order chi connectivity index (χ0) is 11.7. The summed E-state index contributed by atoms with van der Waals surface area (Å²) >= 11 is 3.62. The molecule has 3 nitrogen and oxygen atoms in total. The third kappa shape index (κ3) is 2.54. The van der Waals surface area contributed by atoms with E-state index in [1.165, 1.54) is 12.8 Å². The van der Waals surface area contributed by atoms with Crippen LogP contribution in [0.1, 0.15) is 24.2 Å². The lowest BCUT2D eigenvalue weighted by molar-refractivity contribution is 0.338. The Hall–Kier alpha value is -0.640. The van der Waals surface area contributed by atoms with Crippen LogP contribution in [0.2, 0.25) is 0 Å². The van der Waals surface area contributed by atoms with E-state index < -0.39 is 0 Å². The fraction of sp³-hybridized carbons (Fsp3) is 0.667. The SMILES string of the molecule is Cc1ncc(N(C)CC2CC(Br)C2)nc1C. The molecule has 0 N–H and O–H groups in total. The van der Waals surface area contributed by atoms with Crippen molar-refractivity contribution < 1.29 is 0 Å². The minimum atomic E-state index is 0.733. The minimum absolute atomic E-state index is 0.733. The second-order valence-electron chi connectivity index (χ2n) is 4.71. The summed E-state index contributed by atoms with van der Waals surface area (Å²) in [7, 11) is 2.10. The molecular weight excluding hydrogens is 266 g/mol. The van der Waals surface area contributed by atoms with Gasteiger partial charge in [-0.1, -0.05) is 15.9 Å². The van der Waals surface area contributed by atoms with Crippen LogP contribution in [-0.4, -0.2) is 28.4 Å². The number of aromatic nitrogens is 2. The van der Waals surface area contributed by atoms with Gasteiger partial charge >= 0.3 is 0 Å². The van der Waals surface area contributed by atoms with E-state index in [4.69, 9.17) is 0 Å². The molecule has 1 aromatic rings. The van der Waals surface area contributed by atoms with Gasteiger partial charge in [0.2, 0.25) is 0 Å². The minimum Gasteiger partial charge on any atom is -0.358 e. The highest BCUT2D eigenvalue weighted by Gasteiger charge is 2.27. The van der Waals surface area contributed by atoms with Gasteiger partial charge in [0.15, 0.2) is 0 Å². The van der Waals surface area contributed by atoms with Gasteiger partial charge in [-0.15, -0.1) is 0 Å². The molecule has 0 amide bonds. The van der Waals surface area contributed by atoms with E-state index in [-0.39, 0.29) is 0 Å². The number of rotatable bonds is 3. The standard InChI is InChI=1S/C12H18BrN3/c1-8-9(2)15-12(6-14-8)16(3)7-10-4-11(13)5-10/h6,10-11H,4-5,7H2,1-3H3. The maximum Gasteiger partial charge on any atom is 0.147 e. The van der Waals surface area contributed by atoms with Crippen molar-refractivity contribution in [1.82, 2.24) is 9.97 Å². The molecule has 1 saturated carbocycles. The van der Waals surface area contributed by atoms with E-state index in [0.29, 0.717) is 0 Å². The van der Waals surface area contributed by atoms with Crippen LogP contribution in [0, 0.1) is 19.8 Å².